The van der Waals surface area contributed by atoms with Gasteiger partial charge >= 0.3 is 0 Å². The number of piperidine rings is 1. The summed E-state index contributed by atoms with van der Waals surface area (Å²) < 4.78 is 1.62. The molecule has 1 aliphatic heterocycles. The quantitative estimate of drug-likeness (QED) is 0.653. The van der Waals surface area contributed by atoms with E-state index in [2.05, 4.69) is 15.4 Å². The van der Waals surface area contributed by atoms with Gasteiger partial charge in [0.05, 0.1) is 28.8 Å². The first-order valence-corrected chi connectivity index (χ1v) is 11.4. The van der Waals surface area contributed by atoms with Crippen LogP contribution in [0.5, 0.6) is 0 Å². The van der Waals surface area contributed by atoms with E-state index in [1.165, 1.54) is 0 Å². The van der Waals surface area contributed by atoms with Crippen molar-refractivity contribution in [2.45, 2.75) is 19.3 Å². The van der Waals surface area contributed by atoms with Crippen molar-refractivity contribution in [1.82, 2.24) is 25.0 Å². The van der Waals surface area contributed by atoms with E-state index in [0.29, 0.717) is 24.4 Å². The average Bonchev–Trinajstić information content (AvgIpc) is 3.48. The second-order valence-corrected chi connectivity index (χ2v) is 9.04. The second kappa shape index (κ2) is 8.87. The van der Waals surface area contributed by atoms with E-state index in [1.54, 1.807) is 46.8 Å². The number of carbonyl (C=O) groups excluding carboxylic acids is 2. The molecule has 29 heavy (non-hydrogen) atoms. The molecule has 4 heterocycles. The summed E-state index contributed by atoms with van der Waals surface area (Å²) in [6.07, 6.45) is 5.43. The molecule has 0 atom stereocenters. The standard InChI is InChI=1S/C20H23N5O2S2/c1-24-12-15(11-22-24)19(27)21-10-14-4-6-25(7-5-14)18(26)9-16-13-29-20(23-16)17-3-2-8-28-17/h2-3,8,11-14H,4-7,9-10H2,1H3,(H,21,27). The van der Waals surface area contributed by atoms with Crippen molar-refractivity contribution >= 4 is 34.5 Å². The number of hydrogen-bond acceptors (Lipinski definition) is 6. The Morgan fingerprint density at radius 1 is 1.28 bits per heavy atom. The zero-order chi connectivity index (χ0) is 20.2. The molecule has 2 amide bonds. The summed E-state index contributed by atoms with van der Waals surface area (Å²) in [5.74, 6) is 0.428. The Balaban J connectivity index is 1.22. The molecule has 0 aliphatic carbocycles. The monoisotopic (exact) mass is 429 g/mol. The van der Waals surface area contributed by atoms with Crippen molar-refractivity contribution in [3.8, 4) is 9.88 Å². The lowest BCUT2D eigenvalue weighted by atomic mass is 9.96. The van der Waals surface area contributed by atoms with Crippen LogP contribution in [0.3, 0.4) is 0 Å². The van der Waals surface area contributed by atoms with Gasteiger partial charge in [-0.2, -0.15) is 5.10 Å². The lowest BCUT2D eigenvalue weighted by molar-refractivity contribution is -0.131. The minimum Gasteiger partial charge on any atom is -0.352 e. The zero-order valence-electron chi connectivity index (χ0n) is 16.2. The van der Waals surface area contributed by atoms with E-state index in [1.807, 2.05) is 27.8 Å². The number of nitrogens with one attached hydrogen (secondary N) is 1. The van der Waals surface area contributed by atoms with E-state index in [9.17, 15) is 9.59 Å². The zero-order valence-corrected chi connectivity index (χ0v) is 17.8. The van der Waals surface area contributed by atoms with Gasteiger partial charge in [0.15, 0.2) is 0 Å². The molecular formula is C20H23N5O2S2. The molecule has 0 unspecified atom stereocenters. The van der Waals surface area contributed by atoms with Crippen LogP contribution >= 0.6 is 22.7 Å². The molecule has 1 aliphatic rings. The number of likely N-dealkylation sites (tertiary alicyclic amines) is 1. The predicted octanol–water partition coefficient (Wildman–Crippen LogP) is 2.82. The Morgan fingerprint density at radius 2 is 2.10 bits per heavy atom. The number of carbonyl (C=O) groups is 2. The van der Waals surface area contributed by atoms with Gasteiger partial charge in [-0.05, 0) is 30.2 Å². The molecule has 3 aromatic heterocycles. The van der Waals surface area contributed by atoms with Crippen molar-refractivity contribution in [3.63, 3.8) is 0 Å². The van der Waals surface area contributed by atoms with Crippen molar-refractivity contribution in [2.24, 2.45) is 13.0 Å². The Morgan fingerprint density at radius 3 is 2.79 bits per heavy atom. The molecule has 152 valence electrons. The van der Waals surface area contributed by atoms with Gasteiger partial charge < -0.3 is 10.2 Å². The Hall–Kier alpha value is -2.52. The number of aryl methyl sites for hydroxylation is 1. The van der Waals surface area contributed by atoms with Crippen molar-refractivity contribution in [2.75, 3.05) is 19.6 Å². The van der Waals surface area contributed by atoms with Gasteiger partial charge in [-0.15, -0.1) is 22.7 Å². The molecule has 1 saturated heterocycles. The summed E-state index contributed by atoms with van der Waals surface area (Å²) >= 11 is 3.25. The maximum Gasteiger partial charge on any atom is 0.254 e. The topological polar surface area (TPSA) is 80.1 Å². The number of rotatable bonds is 6. The number of aromatic nitrogens is 3. The maximum absolute atomic E-state index is 12.6. The Bertz CT molecular complexity index is 971. The normalized spacial score (nSPS) is 14.9. The highest BCUT2D eigenvalue weighted by molar-refractivity contribution is 7.20. The Kier molecular flexibility index (Phi) is 6.05. The number of amides is 2. The first-order valence-electron chi connectivity index (χ1n) is 9.61. The lowest BCUT2D eigenvalue weighted by Gasteiger charge is -2.32. The van der Waals surface area contributed by atoms with Crippen LogP contribution in [0.2, 0.25) is 0 Å². The number of thiazole rings is 1. The SMILES string of the molecule is Cn1cc(C(=O)NCC2CCN(C(=O)Cc3csc(-c4cccs4)n3)CC2)cn1. The second-order valence-electron chi connectivity index (χ2n) is 7.23. The first kappa shape index (κ1) is 19.8. The molecule has 1 N–H and O–H groups in total. The van der Waals surface area contributed by atoms with Gasteiger partial charge in [0.2, 0.25) is 5.91 Å². The number of hydrogen-bond donors (Lipinski definition) is 1. The lowest BCUT2D eigenvalue weighted by Crippen LogP contribution is -2.42. The summed E-state index contributed by atoms with van der Waals surface area (Å²) in [6.45, 7) is 2.09. The van der Waals surface area contributed by atoms with Crippen LogP contribution < -0.4 is 5.32 Å². The first-order chi connectivity index (χ1) is 14.1. The van der Waals surface area contributed by atoms with Crippen LogP contribution in [0.15, 0.2) is 35.3 Å². The summed E-state index contributed by atoms with van der Waals surface area (Å²) in [5.41, 5.74) is 1.42. The molecule has 0 spiro atoms. The van der Waals surface area contributed by atoms with E-state index in [-0.39, 0.29) is 11.8 Å². The van der Waals surface area contributed by atoms with Gasteiger partial charge in [0.25, 0.3) is 5.91 Å². The molecule has 0 bridgehead atoms. The largest absolute Gasteiger partial charge is 0.352 e. The van der Waals surface area contributed by atoms with Gasteiger partial charge in [0.1, 0.15) is 5.01 Å². The molecule has 0 saturated carbocycles. The fraction of sp³-hybridized carbons (Fsp3) is 0.400. The minimum absolute atomic E-state index is 0.0957. The highest BCUT2D eigenvalue weighted by Crippen LogP contribution is 2.28. The summed E-state index contributed by atoms with van der Waals surface area (Å²) in [4.78, 5) is 32.4. The van der Waals surface area contributed by atoms with Crippen LogP contribution in [-0.4, -0.2) is 51.1 Å². The van der Waals surface area contributed by atoms with Crippen molar-refractivity contribution < 1.29 is 9.59 Å². The third-order valence-corrected chi connectivity index (χ3v) is 7.03. The molecule has 9 heteroatoms. The molecule has 0 aromatic carbocycles. The van der Waals surface area contributed by atoms with E-state index >= 15 is 0 Å². The smallest absolute Gasteiger partial charge is 0.254 e. The summed E-state index contributed by atoms with van der Waals surface area (Å²) in [5, 5.41) is 12.0. The van der Waals surface area contributed by atoms with Gasteiger partial charge in [-0.25, -0.2) is 4.98 Å². The van der Waals surface area contributed by atoms with Crippen LogP contribution in [-0.2, 0) is 18.3 Å². The predicted molar refractivity (Wildman–Crippen MR) is 114 cm³/mol. The van der Waals surface area contributed by atoms with Crippen molar-refractivity contribution in [1.29, 1.82) is 0 Å². The van der Waals surface area contributed by atoms with Crippen LogP contribution in [0.25, 0.3) is 9.88 Å². The number of nitrogens with zero attached hydrogens (tertiary/aromatic N) is 4. The third kappa shape index (κ3) is 4.91. The molecule has 4 rings (SSSR count). The van der Waals surface area contributed by atoms with Gasteiger partial charge in [-0.1, -0.05) is 6.07 Å². The fourth-order valence-electron chi connectivity index (χ4n) is 3.43. The Labute approximate surface area is 177 Å². The van der Waals surface area contributed by atoms with Gasteiger partial charge in [0, 0.05) is 38.3 Å². The van der Waals surface area contributed by atoms with Crippen molar-refractivity contribution in [3.05, 3.63) is 46.5 Å². The highest BCUT2D eigenvalue weighted by atomic mass is 32.1. The van der Waals surface area contributed by atoms with Crippen LogP contribution in [0.1, 0.15) is 28.9 Å². The average molecular weight is 430 g/mol. The van der Waals surface area contributed by atoms with Crippen LogP contribution in [0.4, 0.5) is 0 Å². The maximum atomic E-state index is 12.6. The minimum atomic E-state index is -0.0957. The number of thiophene rings is 1. The molecular weight excluding hydrogens is 406 g/mol. The fourth-order valence-corrected chi connectivity index (χ4v) is 5.07. The summed E-state index contributed by atoms with van der Waals surface area (Å²) in [7, 11) is 1.79. The summed E-state index contributed by atoms with van der Waals surface area (Å²) in [6, 6.07) is 4.06. The van der Waals surface area contributed by atoms with E-state index < -0.39 is 0 Å². The molecule has 0 radical (unpaired) electrons. The molecule has 7 nitrogen and oxygen atoms in total. The van der Waals surface area contributed by atoms with E-state index in [4.69, 9.17) is 0 Å². The van der Waals surface area contributed by atoms with E-state index in [0.717, 1.165) is 41.5 Å². The van der Waals surface area contributed by atoms with Gasteiger partial charge in [-0.3, -0.25) is 14.3 Å². The third-order valence-electron chi connectivity index (χ3n) is 5.10. The highest BCUT2D eigenvalue weighted by Gasteiger charge is 2.24. The van der Waals surface area contributed by atoms with Crippen LogP contribution in [0, 0.1) is 5.92 Å². The molecule has 1 fully saturated rings. The molecule has 3 aromatic rings.